The fourth-order valence-corrected chi connectivity index (χ4v) is 2.54. The van der Waals surface area contributed by atoms with E-state index in [1.165, 1.54) is 5.56 Å². The molecule has 0 saturated carbocycles. The zero-order valence-electron chi connectivity index (χ0n) is 12.0. The zero-order chi connectivity index (χ0) is 13.7. The number of hydrogen-bond acceptors (Lipinski definition) is 4. The van der Waals surface area contributed by atoms with Crippen molar-refractivity contribution in [1.82, 2.24) is 9.88 Å². The summed E-state index contributed by atoms with van der Waals surface area (Å²) >= 11 is 0. The maximum atomic E-state index is 10.1. The summed E-state index contributed by atoms with van der Waals surface area (Å²) < 4.78 is 0. The second-order valence-electron chi connectivity index (χ2n) is 5.71. The number of aromatic nitrogens is 1. The van der Waals surface area contributed by atoms with Crippen LogP contribution in [0.4, 0.5) is 5.82 Å². The van der Waals surface area contributed by atoms with Gasteiger partial charge in [0.05, 0.1) is 5.60 Å². The van der Waals surface area contributed by atoms with Crippen LogP contribution in [-0.2, 0) is 6.54 Å². The van der Waals surface area contributed by atoms with Crippen molar-refractivity contribution in [2.45, 2.75) is 45.3 Å². The third kappa shape index (κ3) is 4.48. The molecule has 19 heavy (non-hydrogen) atoms. The van der Waals surface area contributed by atoms with Crippen LogP contribution in [0.3, 0.4) is 0 Å². The molecule has 0 spiro atoms. The van der Waals surface area contributed by atoms with Crippen LogP contribution in [0.15, 0.2) is 18.3 Å². The topological polar surface area (TPSA) is 48.4 Å². The average Bonchev–Trinajstić information content (AvgIpc) is 2.54. The van der Waals surface area contributed by atoms with E-state index in [4.69, 9.17) is 0 Å². The molecule has 2 N–H and O–H groups in total. The summed E-state index contributed by atoms with van der Waals surface area (Å²) in [5.41, 5.74) is 0.755. The summed E-state index contributed by atoms with van der Waals surface area (Å²) in [4.78, 5) is 6.81. The Bertz CT molecular complexity index is 389. The number of hydrogen-bond donors (Lipinski definition) is 2. The highest BCUT2D eigenvalue weighted by Crippen LogP contribution is 2.22. The van der Waals surface area contributed by atoms with Gasteiger partial charge in [0.25, 0.3) is 0 Å². The number of nitrogens with one attached hydrogen (secondary N) is 1. The maximum absolute atomic E-state index is 10.1. The molecular formula is C15H25N3O. The lowest BCUT2D eigenvalue weighted by Gasteiger charge is -2.22. The van der Waals surface area contributed by atoms with E-state index in [2.05, 4.69) is 28.2 Å². The van der Waals surface area contributed by atoms with Gasteiger partial charge in [0.15, 0.2) is 0 Å². The van der Waals surface area contributed by atoms with Crippen molar-refractivity contribution in [3.8, 4) is 0 Å². The molecule has 4 heteroatoms. The summed E-state index contributed by atoms with van der Waals surface area (Å²) in [7, 11) is 0. The fraction of sp³-hybridized carbons (Fsp3) is 0.667. The second-order valence-corrected chi connectivity index (χ2v) is 5.71. The van der Waals surface area contributed by atoms with Crippen LogP contribution in [0.1, 0.15) is 38.7 Å². The SMILES string of the molecule is CCNc1ccc(CN2CCCC(C)(O)CC2)cn1. The lowest BCUT2D eigenvalue weighted by Crippen LogP contribution is -2.28. The van der Waals surface area contributed by atoms with Gasteiger partial charge >= 0.3 is 0 Å². The van der Waals surface area contributed by atoms with E-state index in [0.29, 0.717) is 0 Å². The molecule has 0 aromatic carbocycles. The van der Waals surface area contributed by atoms with Gasteiger partial charge in [-0.2, -0.15) is 0 Å². The Morgan fingerprint density at radius 3 is 2.89 bits per heavy atom. The molecular weight excluding hydrogens is 238 g/mol. The third-order valence-corrected chi connectivity index (χ3v) is 3.75. The lowest BCUT2D eigenvalue weighted by molar-refractivity contribution is 0.0444. The number of aliphatic hydroxyl groups is 1. The van der Waals surface area contributed by atoms with Gasteiger partial charge in [-0.15, -0.1) is 0 Å². The average molecular weight is 263 g/mol. The van der Waals surface area contributed by atoms with Crippen LogP contribution >= 0.6 is 0 Å². The van der Waals surface area contributed by atoms with Crippen molar-refractivity contribution in [3.05, 3.63) is 23.9 Å². The van der Waals surface area contributed by atoms with Gasteiger partial charge in [-0.25, -0.2) is 4.98 Å². The molecule has 0 radical (unpaired) electrons. The molecule has 1 aliphatic heterocycles. The molecule has 0 aliphatic carbocycles. The van der Waals surface area contributed by atoms with Crippen molar-refractivity contribution in [2.24, 2.45) is 0 Å². The number of pyridine rings is 1. The maximum Gasteiger partial charge on any atom is 0.125 e. The standard InChI is InChI=1S/C15H25N3O/c1-3-16-14-6-5-13(11-17-14)12-18-9-4-7-15(2,19)8-10-18/h5-6,11,19H,3-4,7-10,12H2,1-2H3,(H,16,17). The minimum absolute atomic E-state index is 0.484. The van der Waals surface area contributed by atoms with Gasteiger partial charge in [0.1, 0.15) is 5.82 Å². The minimum Gasteiger partial charge on any atom is -0.390 e. The van der Waals surface area contributed by atoms with Crippen molar-refractivity contribution >= 4 is 5.82 Å². The predicted molar refractivity (Wildman–Crippen MR) is 78.2 cm³/mol. The van der Waals surface area contributed by atoms with Crippen LogP contribution in [0.25, 0.3) is 0 Å². The van der Waals surface area contributed by atoms with Gasteiger partial charge < -0.3 is 10.4 Å². The van der Waals surface area contributed by atoms with Crippen molar-refractivity contribution < 1.29 is 5.11 Å². The molecule has 1 aliphatic rings. The number of anilines is 1. The van der Waals surface area contributed by atoms with Gasteiger partial charge in [0, 0.05) is 25.8 Å². The van der Waals surface area contributed by atoms with E-state index < -0.39 is 5.60 Å². The van der Waals surface area contributed by atoms with Gasteiger partial charge in [0.2, 0.25) is 0 Å². The fourth-order valence-electron chi connectivity index (χ4n) is 2.54. The highest BCUT2D eigenvalue weighted by Gasteiger charge is 2.24. The van der Waals surface area contributed by atoms with E-state index in [0.717, 1.165) is 51.3 Å². The van der Waals surface area contributed by atoms with E-state index in [1.807, 2.05) is 19.2 Å². The highest BCUT2D eigenvalue weighted by atomic mass is 16.3. The predicted octanol–water partition coefficient (Wildman–Crippen LogP) is 2.25. The van der Waals surface area contributed by atoms with Crippen LogP contribution in [0.5, 0.6) is 0 Å². The molecule has 1 aromatic rings. The molecule has 1 atom stereocenters. The van der Waals surface area contributed by atoms with Crippen LogP contribution < -0.4 is 5.32 Å². The smallest absolute Gasteiger partial charge is 0.125 e. The van der Waals surface area contributed by atoms with Crippen molar-refractivity contribution in [3.63, 3.8) is 0 Å². The molecule has 106 valence electrons. The molecule has 1 aromatic heterocycles. The first-order valence-electron chi connectivity index (χ1n) is 7.22. The zero-order valence-corrected chi connectivity index (χ0v) is 12.0. The quantitative estimate of drug-likeness (QED) is 0.875. The largest absolute Gasteiger partial charge is 0.390 e. The Hall–Kier alpha value is -1.13. The lowest BCUT2D eigenvalue weighted by atomic mass is 9.98. The molecule has 0 amide bonds. The van der Waals surface area contributed by atoms with Gasteiger partial charge in [-0.3, -0.25) is 4.90 Å². The second kappa shape index (κ2) is 6.35. The number of likely N-dealkylation sites (tertiary alicyclic amines) is 1. The summed E-state index contributed by atoms with van der Waals surface area (Å²) in [6, 6.07) is 4.17. The Morgan fingerprint density at radius 2 is 2.21 bits per heavy atom. The summed E-state index contributed by atoms with van der Waals surface area (Å²) in [5.74, 6) is 0.935. The summed E-state index contributed by atoms with van der Waals surface area (Å²) in [6.07, 6.45) is 4.77. The van der Waals surface area contributed by atoms with E-state index >= 15 is 0 Å². The van der Waals surface area contributed by atoms with Crippen LogP contribution in [0, 0.1) is 0 Å². The minimum atomic E-state index is -0.484. The molecule has 2 rings (SSSR count). The first-order valence-corrected chi connectivity index (χ1v) is 7.22. The normalized spacial score (nSPS) is 25.0. The molecule has 1 unspecified atom stereocenters. The van der Waals surface area contributed by atoms with Crippen molar-refractivity contribution in [1.29, 1.82) is 0 Å². The number of rotatable bonds is 4. The monoisotopic (exact) mass is 263 g/mol. The molecule has 2 heterocycles. The summed E-state index contributed by atoms with van der Waals surface area (Å²) in [5, 5.41) is 13.3. The Morgan fingerprint density at radius 1 is 1.37 bits per heavy atom. The molecule has 4 nitrogen and oxygen atoms in total. The Labute approximate surface area is 115 Å². The van der Waals surface area contributed by atoms with E-state index in [9.17, 15) is 5.11 Å². The van der Waals surface area contributed by atoms with Gasteiger partial charge in [-0.05, 0) is 51.3 Å². The molecule has 1 fully saturated rings. The first-order chi connectivity index (χ1) is 9.09. The van der Waals surface area contributed by atoms with Crippen LogP contribution in [0.2, 0.25) is 0 Å². The van der Waals surface area contributed by atoms with E-state index in [-0.39, 0.29) is 0 Å². The third-order valence-electron chi connectivity index (χ3n) is 3.75. The highest BCUT2D eigenvalue weighted by molar-refractivity contribution is 5.35. The Kier molecular flexibility index (Phi) is 4.77. The van der Waals surface area contributed by atoms with Gasteiger partial charge in [-0.1, -0.05) is 6.07 Å². The molecule has 1 saturated heterocycles. The molecule has 0 bridgehead atoms. The van der Waals surface area contributed by atoms with Crippen LogP contribution in [-0.4, -0.2) is 40.2 Å². The first kappa shape index (κ1) is 14.3. The number of nitrogens with zero attached hydrogens (tertiary/aromatic N) is 2. The Balaban J connectivity index is 1.90. The summed E-state index contributed by atoms with van der Waals surface area (Å²) in [6.45, 7) is 7.86. The van der Waals surface area contributed by atoms with E-state index in [1.54, 1.807) is 0 Å². The van der Waals surface area contributed by atoms with Crippen molar-refractivity contribution in [2.75, 3.05) is 25.0 Å².